The van der Waals surface area contributed by atoms with Crippen molar-refractivity contribution in [3.05, 3.63) is 0 Å². The van der Waals surface area contributed by atoms with Crippen LogP contribution in [0.1, 0.15) is 26.7 Å². The zero-order valence-corrected chi connectivity index (χ0v) is 15.7. The number of hydrogen-bond donors (Lipinski definition) is 2. The predicted molar refractivity (Wildman–Crippen MR) is 95.5 cm³/mol. The molecule has 8 heteroatoms. The summed E-state index contributed by atoms with van der Waals surface area (Å²) in [5.41, 5.74) is 6.02. The molecule has 0 aliphatic carbocycles. The van der Waals surface area contributed by atoms with Gasteiger partial charge in [-0.15, -0.1) is 24.8 Å². The van der Waals surface area contributed by atoms with Gasteiger partial charge in [0.15, 0.2) is 0 Å². The third-order valence-electron chi connectivity index (χ3n) is 4.64. The number of nitrogens with two attached hydrogens (primary N) is 1. The molecule has 2 rings (SSSR count). The minimum absolute atomic E-state index is 0. The summed E-state index contributed by atoms with van der Waals surface area (Å²) in [6.45, 7) is 9.69. The molecule has 1 atom stereocenters. The maximum Gasteiger partial charge on any atom is 0.237 e. The minimum Gasteiger partial charge on any atom is -0.381 e. The molecule has 2 aliphatic rings. The van der Waals surface area contributed by atoms with Gasteiger partial charge in [-0.05, 0) is 32.6 Å². The number of hydrogen-bond acceptors (Lipinski definition) is 5. The van der Waals surface area contributed by atoms with Crippen molar-refractivity contribution in [2.75, 3.05) is 46.1 Å². The Balaban J connectivity index is 0.00000242. The van der Waals surface area contributed by atoms with Crippen molar-refractivity contribution in [1.82, 2.24) is 10.2 Å². The average molecular weight is 372 g/mol. The van der Waals surface area contributed by atoms with Gasteiger partial charge in [-0.3, -0.25) is 9.69 Å². The Labute approximate surface area is 151 Å². The van der Waals surface area contributed by atoms with Crippen LogP contribution in [0.5, 0.6) is 0 Å². The van der Waals surface area contributed by atoms with E-state index in [1.54, 1.807) is 0 Å². The smallest absolute Gasteiger partial charge is 0.237 e. The zero-order valence-electron chi connectivity index (χ0n) is 14.1. The SMILES string of the molecule is CC(C)(CNC(=O)C(N)C1CCOCC1)N1CCOCC1.Cl.Cl. The molecule has 2 heterocycles. The number of ether oxygens (including phenoxy) is 2. The van der Waals surface area contributed by atoms with Crippen LogP contribution in [0.3, 0.4) is 0 Å². The molecule has 0 bridgehead atoms. The monoisotopic (exact) mass is 371 g/mol. The van der Waals surface area contributed by atoms with Crippen LogP contribution in [0.2, 0.25) is 0 Å². The van der Waals surface area contributed by atoms with E-state index in [0.717, 1.165) is 39.1 Å². The third kappa shape index (κ3) is 6.72. The number of morpholine rings is 1. The summed E-state index contributed by atoms with van der Waals surface area (Å²) >= 11 is 0. The summed E-state index contributed by atoms with van der Waals surface area (Å²) in [6.07, 6.45) is 1.75. The summed E-state index contributed by atoms with van der Waals surface area (Å²) < 4.78 is 10.7. The van der Waals surface area contributed by atoms with Gasteiger partial charge in [-0.2, -0.15) is 0 Å². The highest BCUT2D eigenvalue weighted by Crippen LogP contribution is 2.18. The number of rotatable bonds is 5. The van der Waals surface area contributed by atoms with Gasteiger partial charge < -0.3 is 20.5 Å². The van der Waals surface area contributed by atoms with Gasteiger partial charge >= 0.3 is 0 Å². The van der Waals surface area contributed by atoms with Crippen LogP contribution in [0.4, 0.5) is 0 Å². The second kappa shape index (κ2) is 10.7. The van der Waals surface area contributed by atoms with E-state index in [0.29, 0.717) is 19.8 Å². The van der Waals surface area contributed by atoms with Gasteiger partial charge in [0.2, 0.25) is 5.91 Å². The number of nitrogens with zero attached hydrogens (tertiary/aromatic N) is 1. The van der Waals surface area contributed by atoms with Gasteiger partial charge in [-0.1, -0.05) is 0 Å². The Morgan fingerprint density at radius 3 is 2.26 bits per heavy atom. The highest BCUT2D eigenvalue weighted by atomic mass is 35.5. The van der Waals surface area contributed by atoms with Crippen molar-refractivity contribution in [1.29, 1.82) is 0 Å². The average Bonchev–Trinajstić information content (AvgIpc) is 2.53. The van der Waals surface area contributed by atoms with E-state index in [9.17, 15) is 4.79 Å². The number of amides is 1. The normalized spacial score (nSPS) is 21.7. The summed E-state index contributed by atoms with van der Waals surface area (Å²) in [5, 5.41) is 3.03. The summed E-state index contributed by atoms with van der Waals surface area (Å²) in [6, 6.07) is -0.422. The lowest BCUT2D eigenvalue weighted by molar-refractivity contribution is -0.125. The molecular weight excluding hydrogens is 341 g/mol. The van der Waals surface area contributed by atoms with Crippen molar-refractivity contribution < 1.29 is 14.3 Å². The van der Waals surface area contributed by atoms with E-state index < -0.39 is 6.04 Å². The topological polar surface area (TPSA) is 76.8 Å². The van der Waals surface area contributed by atoms with Crippen molar-refractivity contribution in [3.8, 4) is 0 Å². The first-order chi connectivity index (χ1) is 10.0. The van der Waals surface area contributed by atoms with Gasteiger partial charge in [-0.25, -0.2) is 0 Å². The van der Waals surface area contributed by atoms with Gasteiger partial charge in [0.1, 0.15) is 0 Å². The van der Waals surface area contributed by atoms with E-state index in [4.69, 9.17) is 15.2 Å². The van der Waals surface area contributed by atoms with Crippen LogP contribution in [0.15, 0.2) is 0 Å². The fourth-order valence-electron chi connectivity index (χ4n) is 2.99. The molecule has 6 nitrogen and oxygen atoms in total. The Hall–Kier alpha value is -0.110. The second-order valence-electron chi connectivity index (χ2n) is 6.61. The number of carbonyl (C=O) groups excluding carboxylic acids is 1. The maximum atomic E-state index is 12.3. The first kappa shape index (κ1) is 22.9. The first-order valence-corrected chi connectivity index (χ1v) is 7.94. The van der Waals surface area contributed by atoms with E-state index in [1.165, 1.54) is 0 Å². The molecule has 2 aliphatic heterocycles. The molecule has 0 aromatic rings. The molecule has 138 valence electrons. The lowest BCUT2D eigenvalue weighted by Gasteiger charge is -2.41. The van der Waals surface area contributed by atoms with Crippen molar-refractivity contribution in [3.63, 3.8) is 0 Å². The molecule has 0 aromatic heterocycles. The fourth-order valence-corrected chi connectivity index (χ4v) is 2.99. The summed E-state index contributed by atoms with van der Waals surface area (Å²) in [7, 11) is 0. The van der Waals surface area contributed by atoms with Crippen LogP contribution in [0.25, 0.3) is 0 Å². The molecule has 0 radical (unpaired) electrons. The molecule has 3 N–H and O–H groups in total. The minimum atomic E-state index is -0.422. The standard InChI is InChI=1S/C15H29N3O3.2ClH/c1-15(2,18-5-9-21-10-6-18)11-17-14(19)13(16)12-3-7-20-8-4-12;;/h12-13H,3-11,16H2,1-2H3,(H,17,19);2*1H. The molecule has 2 saturated heterocycles. The van der Waals surface area contributed by atoms with Crippen LogP contribution in [-0.4, -0.2) is 68.4 Å². The van der Waals surface area contributed by atoms with E-state index in [2.05, 4.69) is 24.1 Å². The largest absolute Gasteiger partial charge is 0.381 e. The van der Waals surface area contributed by atoms with Crippen molar-refractivity contribution in [2.24, 2.45) is 11.7 Å². The lowest BCUT2D eigenvalue weighted by Crippen LogP contribution is -2.57. The van der Waals surface area contributed by atoms with Gasteiger partial charge in [0, 0.05) is 38.4 Å². The number of carbonyl (C=O) groups is 1. The lowest BCUT2D eigenvalue weighted by atomic mass is 9.91. The molecular formula is C15H31Cl2N3O3. The summed E-state index contributed by atoms with van der Waals surface area (Å²) in [4.78, 5) is 14.6. The molecule has 1 amide bonds. The number of halogens is 2. The van der Waals surface area contributed by atoms with Crippen molar-refractivity contribution >= 4 is 30.7 Å². The molecule has 1 unspecified atom stereocenters. The summed E-state index contributed by atoms with van der Waals surface area (Å²) in [5.74, 6) is 0.202. The maximum absolute atomic E-state index is 12.3. The zero-order chi connectivity index (χ0) is 15.3. The van der Waals surface area contributed by atoms with E-state index in [-0.39, 0.29) is 42.2 Å². The van der Waals surface area contributed by atoms with Crippen LogP contribution in [-0.2, 0) is 14.3 Å². The van der Waals surface area contributed by atoms with E-state index in [1.807, 2.05) is 0 Å². The third-order valence-corrected chi connectivity index (χ3v) is 4.64. The Bertz CT molecular complexity index is 347. The number of nitrogens with one attached hydrogen (secondary N) is 1. The highest BCUT2D eigenvalue weighted by Gasteiger charge is 2.31. The second-order valence-corrected chi connectivity index (χ2v) is 6.61. The Morgan fingerprint density at radius 2 is 1.70 bits per heavy atom. The van der Waals surface area contributed by atoms with Crippen molar-refractivity contribution in [2.45, 2.75) is 38.3 Å². The predicted octanol–water partition coefficient (Wildman–Crippen LogP) is 0.811. The van der Waals surface area contributed by atoms with Crippen LogP contribution < -0.4 is 11.1 Å². The molecule has 23 heavy (non-hydrogen) atoms. The Kier molecular flexibility index (Phi) is 10.6. The first-order valence-electron chi connectivity index (χ1n) is 7.94. The highest BCUT2D eigenvalue weighted by molar-refractivity contribution is 5.85. The van der Waals surface area contributed by atoms with Crippen LogP contribution in [0, 0.1) is 5.92 Å². The molecule has 2 fully saturated rings. The molecule has 0 aromatic carbocycles. The van der Waals surface area contributed by atoms with Gasteiger partial charge in [0.05, 0.1) is 19.3 Å². The fraction of sp³-hybridized carbons (Fsp3) is 0.933. The van der Waals surface area contributed by atoms with Crippen LogP contribution >= 0.6 is 24.8 Å². The van der Waals surface area contributed by atoms with E-state index >= 15 is 0 Å². The molecule has 0 saturated carbocycles. The van der Waals surface area contributed by atoms with Gasteiger partial charge in [0.25, 0.3) is 0 Å². The molecule has 0 spiro atoms. The quantitative estimate of drug-likeness (QED) is 0.747. The Morgan fingerprint density at radius 1 is 1.17 bits per heavy atom.